The lowest BCUT2D eigenvalue weighted by molar-refractivity contribution is -0.385. The molecule has 1 aromatic carbocycles. The minimum atomic E-state index is -1.79. The van der Waals surface area contributed by atoms with Crippen LogP contribution in [0.1, 0.15) is 20.8 Å². The second kappa shape index (κ2) is 10.7. The van der Waals surface area contributed by atoms with Crippen molar-refractivity contribution in [2.75, 3.05) is 7.11 Å². The number of non-ortho nitro benzene ring substituents is 1. The number of benzene rings is 1. The zero-order valence-corrected chi connectivity index (χ0v) is 17.8. The highest BCUT2D eigenvalue weighted by Gasteiger charge is 2.56. The Morgan fingerprint density at radius 3 is 2.00 bits per heavy atom. The van der Waals surface area contributed by atoms with Crippen LogP contribution in [0.5, 0.6) is 5.75 Å². The number of halogens is 1. The second-order valence-electron chi connectivity index (χ2n) is 6.66. The Labute approximate surface area is 185 Å². The van der Waals surface area contributed by atoms with Crippen molar-refractivity contribution in [1.29, 1.82) is 0 Å². The molecule has 0 saturated carbocycles. The number of carbonyl (C=O) groups is 4. The number of rotatable bonds is 7. The summed E-state index contributed by atoms with van der Waals surface area (Å²) >= 11 is 0. The summed E-state index contributed by atoms with van der Waals surface area (Å²) in [5.41, 5.74) is -0.568. The molecule has 1 saturated heterocycles. The Morgan fingerprint density at radius 1 is 0.970 bits per heavy atom. The molecule has 180 valence electrons. The number of nitro groups is 1. The van der Waals surface area contributed by atoms with E-state index in [-0.39, 0.29) is 0 Å². The minimum Gasteiger partial charge on any atom is -0.467 e. The van der Waals surface area contributed by atoms with E-state index in [1.54, 1.807) is 0 Å². The van der Waals surface area contributed by atoms with Crippen molar-refractivity contribution in [1.82, 2.24) is 0 Å². The highest BCUT2D eigenvalue weighted by atomic mass is 19.1. The smallest absolute Gasteiger partial charge is 0.339 e. The molecule has 1 fully saturated rings. The summed E-state index contributed by atoms with van der Waals surface area (Å²) in [5, 5.41) is 10.8. The number of methoxy groups -OCH3 is 1. The molecule has 1 heterocycles. The largest absolute Gasteiger partial charge is 0.467 e. The number of ether oxygens (including phenoxy) is 6. The van der Waals surface area contributed by atoms with Gasteiger partial charge in [0, 0.05) is 26.8 Å². The van der Waals surface area contributed by atoms with E-state index in [1.807, 2.05) is 0 Å². The summed E-state index contributed by atoms with van der Waals surface area (Å²) in [6.45, 7) is 3.01. The summed E-state index contributed by atoms with van der Waals surface area (Å²) in [7, 11) is 1.00. The molecule has 2 rings (SSSR count). The van der Waals surface area contributed by atoms with E-state index in [4.69, 9.17) is 23.7 Å². The molecule has 14 heteroatoms. The van der Waals surface area contributed by atoms with E-state index in [9.17, 15) is 33.7 Å². The summed E-state index contributed by atoms with van der Waals surface area (Å²) in [5.74, 6) is -5.51. The number of nitro benzene ring substituents is 1. The number of esters is 4. The summed E-state index contributed by atoms with van der Waals surface area (Å²) in [4.78, 5) is 57.3. The van der Waals surface area contributed by atoms with Crippen LogP contribution in [0.25, 0.3) is 0 Å². The molecule has 0 bridgehead atoms. The predicted octanol–water partition coefficient (Wildman–Crippen LogP) is 0.806. The maximum Gasteiger partial charge on any atom is 0.339 e. The number of hydrogen-bond acceptors (Lipinski definition) is 12. The minimum absolute atomic E-state index is 0.568. The first-order valence-corrected chi connectivity index (χ1v) is 9.30. The molecule has 0 aliphatic carbocycles. The van der Waals surface area contributed by atoms with Crippen LogP contribution in [-0.4, -0.2) is 66.6 Å². The van der Waals surface area contributed by atoms with Crippen LogP contribution in [0.2, 0.25) is 0 Å². The van der Waals surface area contributed by atoms with E-state index < -0.39 is 76.8 Å². The quantitative estimate of drug-likeness (QED) is 0.237. The van der Waals surface area contributed by atoms with Gasteiger partial charge in [0.2, 0.25) is 12.4 Å². The Bertz CT molecular complexity index is 951. The second-order valence-corrected chi connectivity index (χ2v) is 6.66. The van der Waals surface area contributed by atoms with Gasteiger partial charge in [-0.25, -0.2) is 9.18 Å². The number of nitrogens with zero attached hydrogens (tertiary/aromatic N) is 1. The van der Waals surface area contributed by atoms with E-state index in [2.05, 4.69) is 4.74 Å². The van der Waals surface area contributed by atoms with Gasteiger partial charge >= 0.3 is 23.9 Å². The monoisotopic (exact) mass is 473 g/mol. The first kappa shape index (κ1) is 25.5. The van der Waals surface area contributed by atoms with Crippen molar-refractivity contribution in [2.45, 2.75) is 51.5 Å². The van der Waals surface area contributed by atoms with Gasteiger partial charge in [-0.05, 0) is 6.07 Å². The Kier molecular flexibility index (Phi) is 8.23. The third kappa shape index (κ3) is 6.35. The highest BCUT2D eigenvalue weighted by molar-refractivity contribution is 5.77. The summed E-state index contributed by atoms with van der Waals surface area (Å²) < 4.78 is 45.2. The van der Waals surface area contributed by atoms with Crippen molar-refractivity contribution in [3.63, 3.8) is 0 Å². The van der Waals surface area contributed by atoms with Gasteiger partial charge < -0.3 is 28.4 Å². The molecule has 0 radical (unpaired) electrons. The van der Waals surface area contributed by atoms with Crippen LogP contribution in [0.4, 0.5) is 10.1 Å². The van der Waals surface area contributed by atoms with Gasteiger partial charge in [0.05, 0.1) is 18.1 Å². The first-order chi connectivity index (χ1) is 15.4. The fourth-order valence-corrected chi connectivity index (χ4v) is 3.00. The lowest BCUT2D eigenvalue weighted by Crippen LogP contribution is -2.64. The third-order valence-electron chi connectivity index (χ3n) is 4.20. The first-order valence-electron chi connectivity index (χ1n) is 9.30. The van der Waals surface area contributed by atoms with Crippen molar-refractivity contribution >= 4 is 29.6 Å². The maximum absolute atomic E-state index is 14.4. The summed E-state index contributed by atoms with van der Waals surface area (Å²) in [6.07, 6.45) is -8.42. The molecule has 0 amide bonds. The Hall–Kier alpha value is -3.81. The predicted molar refractivity (Wildman–Crippen MR) is 101 cm³/mol. The normalized spacial score (nSPS) is 24.2. The van der Waals surface area contributed by atoms with Crippen LogP contribution >= 0.6 is 0 Å². The molecule has 0 unspecified atom stereocenters. The SMILES string of the molecule is COC(=O)[C@H]1O[C@@H](Oc2ccc([N+](=O)[O-])cc2F)[C@H](OC(C)=O)[C@@H](OC(C)=O)[C@@H]1OC(C)=O. The third-order valence-corrected chi connectivity index (χ3v) is 4.20. The molecule has 33 heavy (non-hydrogen) atoms. The van der Waals surface area contributed by atoms with Crippen LogP contribution < -0.4 is 4.74 Å². The number of carbonyl (C=O) groups excluding carboxylic acids is 4. The van der Waals surface area contributed by atoms with Crippen LogP contribution in [0.3, 0.4) is 0 Å². The van der Waals surface area contributed by atoms with Crippen molar-refractivity contribution < 1.29 is 56.9 Å². The van der Waals surface area contributed by atoms with Gasteiger partial charge in [-0.2, -0.15) is 0 Å². The molecule has 0 spiro atoms. The molecular formula is C19H20FNO12. The van der Waals surface area contributed by atoms with Crippen LogP contribution in [0.15, 0.2) is 18.2 Å². The van der Waals surface area contributed by atoms with E-state index >= 15 is 0 Å². The van der Waals surface area contributed by atoms with Crippen molar-refractivity contribution in [2.24, 2.45) is 0 Å². The average Bonchev–Trinajstić information content (AvgIpc) is 2.71. The molecular weight excluding hydrogens is 453 g/mol. The van der Waals surface area contributed by atoms with Crippen molar-refractivity contribution in [3.05, 3.63) is 34.1 Å². The van der Waals surface area contributed by atoms with Crippen LogP contribution in [0, 0.1) is 15.9 Å². The Balaban J connectivity index is 2.52. The fourth-order valence-electron chi connectivity index (χ4n) is 3.00. The zero-order chi connectivity index (χ0) is 24.9. The van der Waals surface area contributed by atoms with Gasteiger partial charge in [-0.1, -0.05) is 0 Å². The maximum atomic E-state index is 14.4. The van der Waals surface area contributed by atoms with Gasteiger partial charge in [0.25, 0.3) is 5.69 Å². The van der Waals surface area contributed by atoms with Gasteiger partial charge in [-0.15, -0.1) is 0 Å². The van der Waals surface area contributed by atoms with E-state index in [0.29, 0.717) is 6.07 Å². The lowest BCUT2D eigenvalue weighted by atomic mass is 9.97. The van der Waals surface area contributed by atoms with Gasteiger partial charge in [0.1, 0.15) is 0 Å². The highest BCUT2D eigenvalue weighted by Crippen LogP contribution is 2.32. The topological polar surface area (TPSA) is 167 Å². The van der Waals surface area contributed by atoms with Crippen LogP contribution in [-0.2, 0) is 42.9 Å². The molecule has 1 aliphatic rings. The molecule has 0 N–H and O–H groups in total. The number of hydrogen-bond donors (Lipinski definition) is 0. The van der Waals surface area contributed by atoms with Gasteiger partial charge in [0.15, 0.2) is 29.9 Å². The van der Waals surface area contributed by atoms with E-state index in [0.717, 1.165) is 40.0 Å². The lowest BCUT2D eigenvalue weighted by Gasteiger charge is -2.43. The standard InChI is InChI=1S/C19H20FNO12/c1-8(22)29-14-15(30-9(2)23)17(31-10(3)24)19(33-16(14)18(25)28-4)32-13-6-5-11(21(26)27)7-12(13)20/h5-7,14-17,19H,1-4H3/t14-,15-,16-,17+,19+/m0/s1. The van der Waals surface area contributed by atoms with E-state index in [1.165, 1.54) is 0 Å². The van der Waals surface area contributed by atoms with Crippen molar-refractivity contribution in [3.8, 4) is 5.75 Å². The van der Waals surface area contributed by atoms with Gasteiger partial charge in [-0.3, -0.25) is 24.5 Å². The molecule has 13 nitrogen and oxygen atoms in total. The zero-order valence-electron chi connectivity index (χ0n) is 17.8. The molecule has 0 aromatic heterocycles. The molecule has 1 aromatic rings. The molecule has 1 aliphatic heterocycles. The fraction of sp³-hybridized carbons (Fsp3) is 0.474. The summed E-state index contributed by atoms with van der Waals surface area (Å²) in [6, 6.07) is 2.42. The molecule has 5 atom stereocenters. The Morgan fingerprint density at radius 2 is 1.52 bits per heavy atom. The average molecular weight is 473 g/mol.